The molecule has 0 unspecified atom stereocenters. The molecule has 6 bridgehead atoms. The highest BCUT2D eigenvalue weighted by atomic mass is 16.5. The van der Waals surface area contributed by atoms with E-state index in [0.717, 1.165) is 5.69 Å². The SMILES string of the molecule is O=C1C[C@@H]2O[C@H](CN(C(=O)C3CCOCC3)C[C@@H]3CN(CCO3)C(=O)[C@@H]3C[C@@H](CN3Cc3cnc[nH]3)N1)[C@@H](O)[C@H]2O. The molecule has 7 atom stereocenters. The Hall–Kier alpha value is -2.62. The summed E-state index contributed by atoms with van der Waals surface area (Å²) in [7, 11) is 0. The first kappa shape index (κ1) is 28.5. The Balaban J connectivity index is 1.26. The number of fused-ring (bicyclic) bond motifs is 6. The van der Waals surface area contributed by atoms with Gasteiger partial charge in [-0.15, -0.1) is 0 Å². The van der Waals surface area contributed by atoms with Gasteiger partial charge in [0, 0.05) is 76.3 Å². The van der Waals surface area contributed by atoms with Crippen molar-refractivity contribution in [3.8, 4) is 0 Å². The number of amides is 3. The monoisotopic (exact) mass is 576 g/mol. The Kier molecular flexibility index (Phi) is 8.56. The Labute approximate surface area is 238 Å². The zero-order valence-corrected chi connectivity index (χ0v) is 23.1. The molecular formula is C27H40N6O8. The second-order valence-corrected chi connectivity index (χ2v) is 11.8. The summed E-state index contributed by atoms with van der Waals surface area (Å²) in [6.45, 7) is 3.32. The third-order valence-electron chi connectivity index (χ3n) is 8.99. The van der Waals surface area contributed by atoms with E-state index in [4.69, 9.17) is 14.2 Å². The highest BCUT2D eigenvalue weighted by Crippen LogP contribution is 2.28. The predicted molar refractivity (Wildman–Crippen MR) is 141 cm³/mol. The fourth-order valence-corrected chi connectivity index (χ4v) is 6.81. The van der Waals surface area contributed by atoms with Gasteiger partial charge in [-0.05, 0) is 19.3 Å². The highest BCUT2D eigenvalue weighted by Gasteiger charge is 2.47. The van der Waals surface area contributed by atoms with Gasteiger partial charge in [0.15, 0.2) is 0 Å². The van der Waals surface area contributed by atoms with Crippen molar-refractivity contribution in [1.82, 2.24) is 30.0 Å². The largest absolute Gasteiger partial charge is 0.388 e. The van der Waals surface area contributed by atoms with E-state index in [9.17, 15) is 24.6 Å². The molecule has 5 saturated heterocycles. The number of H-pyrrole nitrogens is 1. The van der Waals surface area contributed by atoms with Crippen LogP contribution in [0.3, 0.4) is 0 Å². The molecule has 4 N–H and O–H groups in total. The Morgan fingerprint density at radius 3 is 2.63 bits per heavy atom. The Bertz CT molecular complexity index is 1080. The third-order valence-corrected chi connectivity index (χ3v) is 8.99. The van der Waals surface area contributed by atoms with Crippen LogP contribution in [-0.2, 0) is 35.1 Å². The number of aromatic nitrogens is 2. The molecule has 1 aromatic rings. The van der Waals surface area contributed by atoms with Gasteiger partial charge < -0.3 is 44.5 Å². The number of ether oxygens (including phenoxy) is 3. The Morgan fingerprint density at radius 2 is 1.85 bits per heavy atom. The minimum atomic E-state index is -1.27. The minimum Gasteiger partial charge on any atom is -0.388 e. The first-order chi connectivity index (χ1) is 19.9. The van der Waals surface area contributed by atoms with Crippen molar-refractivity contribution in [1.29, 1.82) is 0 Å². The number of morpholine rings is 1. The third kappa shape index (κ3) is 6.27. The number of aromatic amines is 1. The second kappa shape index (κ2) is 12.3. The van der Waals surface area contributed by atoms with Crippen molar-refractivity contribution < 1.29 is 38.8 Å². The number of nitrogens with one attached hydrogen (secondary N) is 2. The summed E-state index contributed by atoms with van der Waals surface area (Å²) >= 11 is 0. The molecule has 1 aromatic heterocycles. The van der Waals surface area contributed by atoms with Crippen molar-refractivity contribution in [2.75, 3.05) is 52.5 Å². The summed E-state index contributed by atoms with van der Waals surface area (Å²) < 4.78 is 17.5. The van der Waals surface area contributed by atoms with E-state index >= 15 is 0 Å². The topological polar surface area (TPSA) is 170 Å². The van der Waals surface area contributed by atoms with E-state index in [-0.39, 0.29) is 49.2 Å². The zero-order valence-electron chi connectivity index (χ0n) is 23.1. The van der Waals surface area contributed by atoms with E-state index < -0.39 is 36.6 Å². The number of aliphatic hydroxyl groups excluding tert-OH is 2. The van der Waals surface area contributed by atoms with Gasteiger partial charge in [0.05, 0.1) is 37.6 Å². The predicted octanol–water partition coefficient (Wildman–Crippen LogP) is -2.16. The summed E-state index contributed by atoms with van der Waals surface area (Å²) in [6, 6.07) is -0.717. The molecule has 5 fully saturated rings. The molecule has 6 heterocycles. The number of nitrogens with zero attached hydrogens (tertiary/aromatic N) is 4. The van der Waals surface area contributed by atoms with Gasteiger partial charge in [-0.25, -0.2) is 4.98 Å². The molecule has 41 heavy (non-hydrogen) atoms. The normalized spacial score (nSPS) is 36.0. The molecule has 6 rings (SSSR count). The van der Waals surface area contributed by atoms with E-state index in [0.29, 0.717) is 65.3 Å². The maximum absolute atomic E-state index is 13.9. The van der Waals surface area contributed by atoms with E-state index in [1.807, 2.05) is 4.90 Å². The van der Waals surface area contributed by atoms with Crippen LogP contribution in [0.2, 0.25) is 0 Å². The van der Waals surface area contributed by atoms with Gasteiger partial charge in [0.25, 0.3) is 0 Å². The van der Waals surface area contributed by atoms with Crippen LogP contribution >= 0.6 is 0 Å². The first-order valence-corrected chi connectivity index (χ1v) is 14.6. The summed E-state index contributed by atoms with van der Waals surface area (Å²) in [5.74, 6) is -0.669. The lowest BCUT2D eigenvalue weighted by molar-refractivity contribution is -0.150. The molecule has 0 spiro atoms. The van der Waals surface area contributed by atoms with Crippen LogP contribution in [0.5, 0.6) is 0 Å². The van der Waals surface area contributed by atoms with Crippen molar-refractivity contribution >= 4 is 17.7 Å². The van der Waals surface area contributed by atoms with Gasteiger partial charge in [-0.2, -0.15) is 0 Å². The molecule has 226 valence electrons. The number of likely N-dealkylation sites (tertiary alicyclic amines) is 1. The minimum absolute atomic E-state index is 0.0294. The van der Waals surface area contributed by atoms with Gasteiger partial charge in [-0.3, -0.25) is 19.3 Å². The van der Waals surface area contributed by atoms with Crippen LogP contribution in [-0.4, -0.2) is 148 Å². The maximum atomic E-state index is 13.9. The molecule has 0 aromatic carbocycles. The molecule has 0 radical (unpaired) electrons. The zero-order chi connectivity index (χ0) is 28.5. The molecule has 14 heteroatoms. The van der Waals surface area contributed by atoms with Gasteiger partial charge in [0.2, 0.25) is 17.7 Å². The van der Waals surface area contributed by atoms with Crippen molar-refractivity contribution in [3.05, 3.63) is 18.2 Å². The van der Waals surface area contributed by atoms with Crippen LogP contribution in [0.1, 0.15) is 31.4 Å². The standard InChI is InChI=1S/C27H40N6O8/c34-23-8-21-24(35)25(36)22(41-21)14-33(26(37)16-1-4-39-5-2-16)13-19-12-31(3-6-40-19)27(38)20-7-17(30-23)10-32(20)11-18-9-28-15-29-18/h9,15-17,19-22,24-25,35-36H,1-8,10-14H2,(H,28,29)(H,30,34)/t17-,19-,20-,21-,22+,24-,25+/m0/s1. The molecule has 5 aliphatic heterocycles. The second-order valence-electron chi connectivity index (χ2n) is 11.8. The molecule has 14 nitrogen and oxygen atoms in total. The van der Waals surface area contributed by atoms with Gasteiger partial charge in [0.1, 0.15) is 18.3 Å². The fourth-order valence-electron chi connectivity index (χ4n) is 6.81. The average molecular weight is 577 g/mol. The molecule has 5 aliphatic rings. The van der Waals surface area contributed by atoms with E-state index in [2.05, 4.69) is 15.3 Å². The van der Waals surface area contributed by atoms with Gasteiger partial charge >= 0.3 is 0 Å². The number of hydrogen-bond acceptors (Lipinski definition) is 10. The summed E-state index contributed by atoms with van der Waals surface area (Å²) in [6.07, 6.45) is 0.102. The van der Waals surface area contributed by atoms with E-state index in [1.165, 1.54) is 0 Å². The number of carbonyl (C=O) groups excluding carboxylic acids is 3. The summed E-state index contributed by atoms with van der Waals surface area (Å²) in [5, 5.41) is 24.6. The van der Waals surface area contributed by atoms with Crippen LogP contribution in [0.15, 0.2) is 12.5 Å². The highest BCUT2D eigenvalue weighted by molar-refractivity contribution is 5.83. The van der Waals surface area contributed by atoms with Gasteiger partial charge in [-0.1, -0.05) is 0 Å². The molecular weight excluding hydrogens is 536 g/mol. The van der Waals surface area contributed by atoms with Crippen molar-refractivity contribution in [3.63, 3.8) is 0 Å². The number of imidazole rings is 1. The average Bonchev–Trinajstić information content (AvgIpc) is 3.70. The van der Waals surface area contributed by atoms with Crippen LogP contribution in [0, 0.1) is 5.92 Å². The number of carbonyl (C=O) groups is 3. The number of hydrogen-bond donors (Lipinski definition) is 4. The molecule has 0 aliphatic carbocycles. The lowest BCUT2D eigenvalue weighted by Crippen LogP contribution is -2.56. The smallest absolute Gasteiger partial charge is 0.240 e. The number of rotatable bonds is 3. The quantitative estimate of drug-likeness (QED) is 0.311. The van der Waals surface area contributed by atoms with Crippen molar-refractivity contribution in [2.45, 2.75) is 74.8 Å². The van der Waals surface area contributed by atoms with Crippen LogP contribution in [0.4, 0.5) is 0 Å². The lowest BCUT2D eigenvalue weighted by atomic mass is 9.97. The molecule has 3 amide bonds. The first-order valence-electron chi connectivity index (χ1n) is 14.6. The van der Waals surface area contributed by atoms with E-state index in [1.54, 1.807) is 22.3 Å². The fraction of sp³-hybridized carbons (Fsp3) is 0.778. The molecule has 0 saturated carbocycles. The summed E-state index contributed by atoms with van der Waals surface area (Å²) in [5.41, 5.74) is 0.866. The number of aliphatic hydroxyl groups is 2. The Morgan fingerprint density at radius 1 is 1.05 bits per heavy atom. The lowest BCUT2D eigenvalue weighted by Gasteiger charge is -2.39. The van der Waals surface area contributed by atoms with Crippen LogP contribution in [0.25, 0.3) is 0 Å². The van der Waals surface area contributed by atoms with Crippen molar-refractivity contribution in [2.24, 2.45) is 5.92 Å². The van der Waals surface area contributed by atoms with Crippen LogP contribution < -0.4 is 5.32 Å². The maximum Gasteiger partial charge on any atom is 0.240 e. The summed E-state index contributed by atoms with van der Waals surface area (Å²) in [4.78, 5) is 53.3.